The lowest BCUT2D eigenvalue weighted by atomic mass is 9.98. The first-order chi connectivity index (χ1) is 14.7. The lowest BCUT2D eigenvalue weighted by Crippen LogP contribution is -2.40. The second-order valence-corrected chi connectivity index (χ2v) is 9.79. The number of thiophene rings is 1. The van der Waals surface area contributed by atoms with Crippen LogP contribution < -0.4 is 10.0 Å². The van der Waals surface area contributed by atoms with Crippen molar-refractivity contribution < 1.29 is 27.9 Å². The van der Waals surface area contributed by atoms with Crippen molar-refractivity contribution >= 4 is 39.5 Å². The Morgan fingerprint density at radius 1 is 1.16 bits per heavy atom. The Balaban J connectivity index is 1.91. The van der Waals surface area contributed by atoms with Gasteiger partial charge in [0.1, 0.15) is 6.29 Å². The molecule has 0 fully saturated rings. The van der Waals surface area contributed by atoms with E-state index in [-0.39, 0.29) is 11.4 Å². The molecule has 0 radical (unpaired) electrons. The summed E-state index contributed by atoms with van der Waals surface area (Å²) in [5.41, 5.74) is 0.663. The van der Waals surface area contributed by atoms with Crippen molar-refractivity contribution in [2.45, 2.75) is 49.5 Å². The largest absolute Gasteiger partial charge is 0.481 e. The molecule has 8 nitrogen and oxygen atoms in total. The number of nitrogens with one attached hydrogen (secondary N) is 2. The predicted octanol–water partition coefficient (Wildman–Crippen LogP) is 2.45. The molecule has 0 aliphatic heterocycles. The standard InChI is InChI=1S/C21H26N2O6S2/c1-15-7-2-3-10-19(15)31(28,29)22-11-5-4-8-17(18-9-6-12-30-18)21(27)23-16(14-24)13-20(25)26/h2-3,6-7,9-10,12,14,16-17,22H,4-5,8,11,13H2,1H3,(H,23,27)(H,25,26)/t16-,17?/m0/s1. The Hall–Kier alpha value is -2.56. The number of sulfonamides is 1. The van der Waals surface area contributed by atoms with Crippen LogP contribution in [0.2, 0.25) is 0 Å². The molecule has 0 aliphatic rings. The Labute approximate surface area is 185 Å². The Morgan fingerprint density at radius 3 is 2.52 bits per heavy atom. The number of benzene rings is 1. The van der Waals surface area contributed by atoms with E-state index >= 15 is 0 Å². The summed E-state index contributed by atoms with van der Waals surface area (Å²) in [5.74, 6) is -2.13. The van der Waals surface area contributed by atoms with E-state index in [4.69, 9.17) is 5.11 Å². The summed E-state index contributed by atoms with van der Waals surface area (Å²) in [4.78, 5) is 35.6. The van der Waals surface area contributed by atoms with E-state index < -0.39 is 40.3 Å². The van der Waals surface area contributed by atoms with Crippen molar-refractivity contribution in [1.82, 2.24) is 10.0 Å². The third-order valence-corrected chi connectivity index (χ3v) is 7.29. The molecule has 1 heterocycles. The van der Waals surface area contributed by atoms with Crippen LogP contribution in [0.4, 0.5) is 0 Å². The zero-order valence-electron chi connectivity index (χ0n) is 17.1. The van der Waals surface area contributed by atoms with E-state index in [1.54, 1.807) is 31.2 Å². The van der Waals surface area contributed by atoms with Crippen LogP contribution in [0, 0.1) is 6.92 Å². The molecule has 0 saturated heterocycles. The number of aliphatic carboxylic acids is 1. The van der Waals surface area contributed by atoms with E-state index in [1.807, 2.05) is 17.5 Å². The molecule has 2 atom stereocenters. The number of carbonyl (C=O) groups excluding carboxylic acids is 2. The highest BCUT2D eigenvalue weighted by Crippen LogP contribution is 2.27. The fourth-order valence-corrected chi connectivity index (χ4v) is 5.29. The summed E-state index contributed by atoms with van der Waals surface area (Å²) in [6.07, 6.45) is 1.46. The van der Waals surface area contributed by atoms with E-state index in [2.05, 4.69) is 10.0 Å². The molecule has 1 aromatic carbocycles. The summed E-state index contributed by atoms with van der Waals surface area (Å²) in [7, 11) is -3.60. The fraction of sp³-hybridized carbons (Fsp3) is 0.381. The summed E-state index contributed by atoms with van der Waals surface area (Å²) in [5, 5.41) is 13.2. The van der Waals surface area contributed by atoms with Crippen LogP contribution in [0.15, 0.2) is 46.7 Å². The third kappa shape index (κ3) is 7.57. The summed E-state index contributed by atoms with van der Waals surface area (Å²) < 4.78 is 27.4. The predicted molar refractivity (Wildman–Crippen MR) is 118 cm³/mol. The van der Waals surface area contributed by atoms with Crippen molar-refractivity contribution in [2.75, 3.05) is 6.54 Å². The number of aryl methyl sites for hydroxylation is 1. The van der Waals surface area contributed by atoms with Crippen LogP contribution in [0.1, 0.15) is 42.0 Å². The first-order valence-corrected chi connectivity index (χ1v) is 12.2. The van der Waals surface area contributed by atoms with Gasteiger partial charge in [0.25, 0.3) is 0 Å². The first-order valence-electron chi connectivity index (χ1n) is 9.80. The van der Waals surface area contributed by atoms with Crippen LogP contribution in [-0.2, 0) is 24.4 Å². The highest BCUT2D eigenvalue weighted by Gasteiger charge is 2.25. The maximum absolute atomic E-state index is 12.7. The number of aldehydes is 1. The average Bonchev–Trinajstić information content (AvgIpc) is 3.24. The van der Waals surface area contributed by atoms with Gasteiger partial charge in [-0.05, 0) is 42.8 Å². The second kappa shape index (κ2) is 11.7. The van der Waals surface area contributed by atoms with Gasteiger partial charge in [-0.3, -0.25) is 9.59 Å². The molecule has 1 unspecified atom stereocenters. The minimum absolute atomic E-state index is 0.228. The summed E-state index contributed by atoms with van der Waals surface area (Å²) in [6, 6.07) is 9.26. The number of hydrogen-bond donors (Lipinski definition) is 3. The second-order valence-electron chi connectivity index (χ2n) is 7.08. The quantitative estimate of drug-likeness (QED) is 0.307. The first kappa shape index (κ1) is 24.7. The van der Waals surface area contributed by atoms with Crippen LogP contribution in [0.25, 0.3) is 0 Å². The van der Waals surface area contributed by atoms with Gasteiger partial charge in [0.05, 0.1) is 23.3 Å². The average molecular weight is 467 g/mol. The van der Waals surface area contributed by atoms with Crippen LogP contribution in [0.5, 0.6) is 0 Å². The van der Waals surface area contributed by atoms with Gasteiger partial charge in [-0.25, -0.2) is 13.1 Å². The molecule has 0 bridgehead atoms. The number of hydrogen-bond acceptors (Lipinski definition) is 6. The molecule has 168 valence electrons. The van der Waals surface area contributed by atoms with Crippen molar-refractivity contribution in [1.29, 1.82) is 0 Å². The van der Waals surface area contributed by atoms with Gasteiger partial charge in [0.2, 0.25) is 15.9 Å². The Bertz CT molecular complexity index is 989. The highest BCUT2D eigenvalue weighted by atomic mass is 32.2. The van der Waals surface area contributed by atoms with Gasteiger partial charge in [0.15, 0.2) is 0 Å². The van der Waals surface area contributed by atoms with Crippen LogP contribution >= 0.6 is 11.3 Å². The minimum Gasteiger partial charge on any atom is -0.481 e. The van der Waals surface area contributed by atoms with E-state index in [1.165, 1.54) is 11.3 Å². The normalized spacial score (nSPS) is 13.3. The molecule has 31 heavy (non-hydrogen) atoms. The van der Waals surface area contributed by atoms with Crippen molar-refractivity contribution in [3.8, 4) is 0 Å². The van der Waals surface area contributed by atoms with E-state index in [0.717, 1.165) is 4.88 Å². The fourth-order valence-electron chi connectivity index (χ4n) is 3.11. The van der Waals surface area contributed by atoms with E-state index in [0.29, 0.717) is 31.1 Å². The van der Waals surface area contributed by atoms with Gasteiger partial charge in [-0.15, -0.1) is 11.3 Å². The molecule has 10 heteroatoms. The minimum atomic E-state index is -3.60. The molecular weight excluding hydrogens is 440 g/mol. The van der Waals surface area contributed by atoms with Crippen molar-refractivity contribution in [3.05, 3.63) is 52.2 Å². The van der Waals surface area contributed by atoms with Crippen molar-refractivity contribution in [2.24, 2.45) is 0 Å². The van der Waals surface area contributed by atoms with Gasteiger partial charge in [0, 0.05) is 11.4 Å². The lowest BCUT2D eigenvalue weighted by molar-refractivity contribution is -0.138. The topological polar surface area (TPSA) is 130 Å². The molecule has 3 N–H and O–H groups in total. The number of carboxylic acid groups (broad SMARTS) is 1. The monoisotopic (exact) mass is 466 g/mol. The molecule has 2 rings (SSSR count). The molecule has 1 amide bonds. The molecular formula is C21H26N2O6S2. The highest BCUT2D eigenvalue weighted by molar-refractivity contribution is 7.89. The Kier molecular flexibility index (Phi) is 9.35. The third-order valence-electron chi connectivity index (χ3n) is 4.68. The smallest absolute Gasteiger partial charge is 0.305 e. The zero-order chi connectivity index (χ0) is 22.9. The maximum Gasteiger partial charge on any atom is 0.305 e. The zero-order valence-corrected chi connectivity index (χ0v) is 18.7. The van der Waals surface area contributed by atoms with Gasteiger partial charge >= 0.3 is 5.97 Å². The van der Waals surface area contributed by atoms with Gasteiger partial charge in [-0.1, -0.05) is 30.7 Å². The number of unbranched alkanes of at least 4 members (excludes halogenated alkanes) is 1. The molecule has 0 spiro atoms. The van der Waals surface area contributed by atoms with E-state index in [9.17, 15) is 22.8 Å². The SMILES string of the molecule is Cc1ccccc1S(=O)(=O)NCCCCC(C(=O)N[C@H](C=O)CC(=O)O)c1cccs1. The molecule has 1 aromatic heterocycles. The molecule has 0 aliphatic carbocycles. The molecule has 0 saturated carbocycles. The van der Waals surface area contributed by atoms with Gasteiger partial charge < -0.3 is 15.2 Å². The summed E-state index contributed by atoms with van der Waals surface area (Å²) in [6.45, 7) is 1.96. The van der Waals surface area contributed by atoms with Crippen LogP contribution in [0.3, 0.4) is 0 Å². The lowest BCUT2D eigenvalue weighted by Gasteiger charge is -2.18. The Morgan fingerprint density at radius 2 is 1.90 bits per heavy atom. The summed E-state index contributed by atoms with van der Waals surface area (Å²) >= 11 is 1.40. The number of carbonyl (C=O) groups is 3. The number of rotatable bonds is 13. The maximum atomic E-state index is 12.7. The van der Waals surface area contributed by atoms with Gasteiger partial charge in [-0.2, -0.15) is 0 Å². The van der Waals surface area contributed by atoms with Crippen molar-refractivity contribution in [3.63, 3.8) is 0 Å². The van der Waals surface area contributed by atoms with Crippen LogP contribution in [-0.4, -0.2) is 44.3 Å². The number of amides is 1. The molecule has 2 aromatic rings. The number of carboxylic acids is 1.